The van der Waals surface area contributed by atoms with Gasteiger partial charge in [-0.2, -0.15) is 0 Å². The quantitative estimate of drug-likeness (QED) is 0.642. The fraction of sp³-hybridized carbons (Fsp3) is 0.318. The first kappa shape index (κ1) is 17.7. The van der Waals surface area contributed by atoms with Crippen LogP contribution < -0.4 is 0 Å². The van der Waals surface area contributed by atoms with Crippen molar-refractivity contribution >= 4 is 16.9 Å². The Morgan fingerprint density at radius 1 is 1.19 bits per heavy atom. The number of ether oxygens (including phenoxy) is 1. The van der Waals surface area contributed by atoms with Crippen LogP contribution in [0.1, 0.15) is 23.2 Å². The summed E-state index contributed by atoms with van der Waals surface area (Å²) < 4.78 is 21.4. The predicted molar refractivity (Wildman–Crippen MR) is 103 cm³/mol. The summed E-state index contributed by atoms with van der Waals surface area (Å²) in [7, 11) is 2.08. The van der Waals surface area contributed by atoms with Crippen LogP contribution in [-0.4, -0.2) is 29.0 Å². The number of likely N-dealkylation sites (N-methyl/N-ethyl adjacent to an activating group) is 1. The Morgan fingerprint density at radius 2 is 2.00 bits per heavy atom. The molecule has 3 aromatic rings. The van der Waals surface area contributed by atoms with Gasteiger partial charge in [0.25, 0.3) is 0 Å². The molecule has 0 saturated carbocycles. The Bertz CT molecular complexity index is 965. The van der Waals surface area contributed by atoms with Crippen LogP contribution in [0.4, 0.5) is 4.39 Å². The van der Waals surface area contributed by atoms with Gasteiger partial charge < -0.3 is 14.2 Å². The van der Waals surface area contributed by atoms with Gasteiger partial charge in [-0.05, 0) is 36.4 Å². The van der Waals surface area contributed by atoms with Crippen LogP contribution in [0.25, 0.3) is 10.9 Å². The molecule has 0 spiro atoms. The maximum atomic E-state index is 13.8. The van der Waals surface area contributed by atoms with Gasteiger partial charge in [0, 0.05) is 42.7 Å². The highest BCUT2D eigenvalue weighted by Gasteiger charge is 2.23. The van der Waals surface area contributed by atoms with Crippen molar-refractivity contribution in [3.8, 4) is 0 Å². The van der Waals surface area contributed by atoms with Crippen molar-refractivity contribution in [1.82, 2.24) is 9.47 Å². The lowest BCUT2D eigenvalue weighted by atomic mass is 10.0. The minimum Gasteiger partial charge on any atom is -0.461 e. The lowest BCUT2D eigenvalue weighted by Crippen LogP contribution is -2.27. The number of hydrogen-bond acceptors (Lipinski definition) is 3. The van der Waals surface area contributed by atoms with Gasteiger partial charge in [0.15, 0.2) is 0 Å². The predicted octanol–water partition coefficient (Wildman–Crippen LogP) is 3.90. The van der Waals surface area contributed by atoms with Crippen molar-refractivity contribution < 1.29 is 13.9 Å². The summed E-state index contributed by atoms with van der Waals surface area (Å²) in [6.07, 6.45) is 1.21. The zero-order valence-corrected chi connectivity index (χ0v) is 15.5. The molecule has 140 valence electrons. The van der Waals surface area contributed by atoms with Gasteiger partial charge in [0.1, 0.15) is 12.4 Å². The second-order valence-corrected chi connectivity index (χ2v) is 7.12. The first-order chi connectivity index (χ1) is 13.1. The number of fused-ring (bicyclic) bond motifs is 3. The molecule has 0 amide bonds. The van der Waals surface area contributed by atoms with Crippen molar-refractivity contribution in [1.29, 1.82) is 0 Å². The van der Waals surface area contributed by atoms with Crippen LogP contribution in [0, 0.1) is 5.82 Å². The number of carbonyl (C=O) groups is 1. The van der Waals surface area contributed by atoms with Crippen LogP contribution >= 0.6 is 0 Å². The second kappa shape index (κ2) is 7.53. The topological polar surface area (TPSA) is 34.5 Å². The maximum Gasteiger partial charge on any atom is 0.307 e. The highest BCUT2D eigenvalue weighted by molar-refractivity contribution is 5.86. The molecule has 4 nitrogen and oxygen atoms in total. The number of aryl methyl sites for hydroxylation is 1. The van der Waals surface area contributed by atoms with Gasteiger partial charge in [-0.15, -0.1) is 0 Å². The molecular formula is C22H23FN2O2. The van der Waals surface area contributed by atoms with Crippen molar-refractivity contribution in [3.63, 3.8) is 0 Å². The van der Waals surface area contributed by atoms with E-state index >= 15 is 0 Å². The normalized spacial score (nSPS) is 14.3. The molecule has 0 saturated heterocycles. The largest absolute Gasteiger partial charge is 0.461 e. The molecule has 1 aliphatic heterocycles. The van der Waals surface area contributed by atoms with Gasteiger partial charge in [0.05, 0.1) is 6.42 Å². The molecule has 0 atom stereocenters. The van der Waals surface area contributed by atoms with E-state index in [9.17, 15) is 9.18 Å². The SMILES string of the molecule is CN1CCc2c(c3cc(F)ccc3n2CCC(=O)OCc2ccccc2)C1. The third-order valence-corrected chi connectivity index (χ3v) is 5.19. The summed E-state index contributed by atoms with van der Waals surface area (Å²) in [6, 6.07) is 14.6. The molecule has 5 heteroatoms. The zero-order chi connectivity index (χ0) is 18.8. The van der Waals surface area contributed by atoms with Crippen molar-refractivity contribution in [3.05, 3.63) is 71.2 Å². The van der Waals surface area contributed by atoms with Crippen molar-refractivity contribution in [2.24, 2.45) is 0 Å². The van der Waals surface area contributed by atoms with E-state index in [1.807, 2.05) is 36.4 Å². The van der Waals surface area contributed by atoms with Crippen LogP contribution in [0.3, 0.4) is 0 Å². The lowest BCUT2D eigenvalue weighted by molar-refractivity contribution is -0.145. The molecule has 0 fully saturated rings. The summed E-state index contributed by atoms with van der Waals surface area (Å²) in [6.45, 7) is 2.61. The summed E-state index contributed by atoms with van der Waals surface area (Å²) in [5, 5.41) is 0.953. The summed E-state index contributed by atoms with van der Waals surface area (Å²) in [5.74, 6) is -0.442. The van der Waals surface area contributed by atoms with Crippen molar-refractivity contribution in [2.75, 3.05) is 13.6 Å². The minimum atomic E-state index is -0.224. The Balaban J connectivity index is 1.51. The Morgan fingerprint density at radius 3 is 2.81 bits per heavy atom. The minimum absolute atomic E-state index is 0.218. The van der Waals surface area contributed by atoms with Crippen LogP contribution in [0.15, 0.2) is 48.5 Å². The smallest absolute Gasteiger partial charge is 0.307 e. The first-order valence-corrected chi connectivity index (χ1v) is 9.29. The third kappa shape index (κ3) is 3.74. The molecule has 0 unspecified atom stereocenters. The molecule has 0 N–H and O–H groups in total. The monoisotopic (exact) mass is 366 g/mol. The van der Waals surface area contributed by atoms with Crippen LogP contribution in [-0.2, 0) is 35.6 Å². The molecule has 27 heavy (non-hydrogen) atoms. The Hall–Kier alpha value is -2.66. The van der Waals surface area contributed by atoms with Gasteiger partial charge in [-0.3, -0.25) is 4.79 Å². The van der Waals surface area contributed by atoms with E-state index in [1.165, 1.54) is 17.3 Å². The second-order valence-electron chi connectivity index (χ2n) is 7.12. The van der Waals surface area contributed by atoms with E-state index in [2.05, 4.69) is 16.5 Å². The standard InChI is InChI=1S/C22H23FN2O2/c1-24-11-9-21-19(14-24)18-13-17(23)7-8-20(18)25(21)12-10-22(26)27-15-16-5-3-2-4-6-16/h2-8,13H,9-12,14-15H2,1H3. The van der Waals surface area contributed by atoms with Crippen LogP contribution in [0.2, 0.25) is 0 Å². The number of halogens is 1. The fourth-order valence-corrected chi connectivity index (χ4v) is 3.83. The first-order valence-electron chi connectivity index (χ1n) is 9.29. The highest BCUT2D eigenvalue weighted by Crippen LogP contribution is 2.31. The molecule has 0 aliphatic carbocycles. The Kier molecular flexibility index (Phi) is 4.94. The molecule has 2 heterocycles. The van der Waals surface area contributed by atoms with Crippen molar-refractivity contribution in [2.45, 2.75) is 32.5 Å². The molecule has 1 aromatic heterocycles. The Labute approximate surface area is 158 Å². The maximum absolute atomic E-state index is 13.8. The summed E-state index contributed by atoms with van der Waals surface area (Å²) in [5.41, 5.74) is 4.36. The van der Waals surface area contributed by atoms with Gasteiger partial charge in [-0.1, -0.05) is 30.3 Å². The third-order valence-electron chi connectivity index (χ3n) is 5.19. The van der Waals surface area contributed by atoms with E-state index in [0.717, 1.165) is 36.0 Å². The zero-order valence-electron chi connectivity index (χ0n) is 15.5. The highest BCUT2D eigenvalue weighted by atomic mass is 19.1. The fourth-order valence-electron chi connectivity index (χ4n) is 3.83. The number of rotatable bonds is 5. The van der Waals surface area contributed by atoms with E-state index in [0.29, 0.717) is 19.6 Å². The van der Waals surface area contributed by atoms with Gasteiger partial charge >= 0.3 is 5.97 Å². The van der Waals surface area contributed by atoms with Gasteiger partial charge in [0.2, 0.25) is 0 Å². The molecule has 1 aliphatic rings. The van der Waals surface area contributed by atoms with Crippen LogP contribution in [0.5, 0.6) is 0 Å². The molecule has 4 rings (SSSR count). The van der Waals surface area contributed by atoms with E-state index < -0.39 is 0 Å². The summed E-state index contributed by atoms with van der Waals surface area (Å²) >= 11 is 0. The molecule has 2 aromatic carbocycles. The van der Waals surface area contributed by atoms with E-state index in [1.54, 1.807) is 6.07 Å². The van der Waals surface area contributed by atoms with E-state index in [4.69, 9.17) is 4.74 Å². The number of nitrogens with zero attached hydrogens (tertiary/aromatic N) is 2. The summed E-state index contributed by atoms with van der Waals surface area (Å²) in [4.78, 5) is 14.5. The number of aromatic nitrogens is 1. The average molecular weight is 366 g/mol. The van der Waals surface area contributed by atoms with E-state index in [-0.39, 0.29) is 11.8 Å². The number of carbonyl (C=O) groups excluding carboxylic acids is 1. The lowest BCUT2D eigenvalue weighted by Gasteiger charge is -2.24. The average Bonchev–Trinajstić information content (AvgIpc) is 2.97. The molecule has 0 radical (unpaired) electrons. The number of benzene rings is 2. The number of hydrogen-bond donors (Lipinski definition) is 0. The van der Waals surface area contributed by atoms with Gasteiger partial charge in [-0.25, -0.2) is 4.39 Å². The molecule has 0 bridgehead atoms. The molecular weight excluding hydrogens is 343 g/mol. The number of esters is 1.